The fourth-order valence-electron chi connectivity index (χ4n) is 18.2. The van der Waals surface area contributed by atoms with Crippen LogP contribution in [-0.2, 0) is 60.4 Å². The summed E-state index contributed by atoms with van der Waals surface area (Å²) in [6, 6.07) is 78.3. The lowest BCUT2D eigenvalue weighted by atomic mass is 9.67. The Balaban J connectivity index is 0.831. The lowest BCUT2D eigenvalue weighted by molar-refractivity contribution is -0.403. The van der Waals surface area contributed by atoms with Gasteiger partial charge in [-0.15, -0.1) is 0 Å². The number of para-hydroxylation sites is 2. The molecule has 2 spiro atoms. The standard InChI is InChI=1S/C86H80Br2N6O4/c1-89-77(83(47-21-7-22-48-83)71-51-67(93(95)96)53-73(87)81(71)89)39-25-41-79-85(55-61-27-9-3-10-28-61,56-62-29-11-4-12-30-62)69-35-17-19-37-75(69)91(79)59-65-43-45-66(46-44-65)60-92-76-38-20-18-36-70(76)86(57-63-31-13-5-14-32-63,58-64-33-15-6-16-34-64)80(92)42-26-40-78-84(49-23-8-24-50-84)72-52-68(94(97)98)54-74(88)82(72)90(78)2/h3-6,9-20,25-46,51-54H,7-8,21-24,47-50,55-60H2,1-2H3/q+2. The molecule has 98 heavy (non-hydrogen) atoms. The summed E-state index contributed by atoms with van der Waals surface area (Å²) in [6.45, 7) is 1.26. The Morgan fingerprint density at radius 2 is 0.724 bits per heavy atom. The van der Waals surface area contributed by atoms with Gasteiger partial charge in [0.15, 0.2) is 11.4 Å². The maximum Gasteiger partial charge on any atom is 0.271 e. The molecule has 490 valence electrons. The van der Waals surface area contributed by atoms with Gasteiger partial charge in [-0.05, 0) is 152 Å². The number of nitrogens with zero attached hydrogens (tertiary/aromatic N) is 6. The minimum Gasteiger partial charge on any atom is -0.339 e. The number of non-ortho nitro benzene ring substituents is 2. The smallest absolute Gasteiger partial charge is 0.271 e. The minimum absolute atomic E-state index is 0.117. The first-order valence-corrected chi connectivity index (χ1v) is 36.3. The van der Waals surface area contributed by atoms with Gasteiger partial charge in [-0.2, -0.15) is 9.15 Å². The highest BCUT2D eigenvalue weighted by atomic mass is 79.9. The summed E-state index contributed by atoms with van der Waals surface area (Å²) in [5, 5.41) is 24.9. The van der Waals surface area contributed by atoms with Crippen molar-refractivity contribution in [1.82, 2.24) is 0 Å². The van der Waals surface area contributed by atoms with Crippen LogP contribution < -0.4 is 9.80 Å². The van der Waals surface area contributed by atoms with E-state index in [9.17, 15) is 20.2 Å². The molecule has 0 N–H and O–H groups in total. The van der Waals surface area contributed by atoms with Crippen LogP contribution in [0, 0.1) is 20.2 Å². The second-order valence-electron chi connectivity index (χ2n) is 28.0. The molecule has 2 fully saturated rings. The van der Waals surface area contributed by atoms with E-state index in [1.165, 1.54) is 78.7 Å². The fourth-order valence-corrected chi connectivity index (χ4v) is 19.6. The Morgan fingerprint density at radius 3 is 1.05 bits per heavy atom. The minimum atomic E-state index is -0.471. The van der Waals surface area contributed by atoms with Crippen molar-refractivity contribution in [3.05, 3.63) is 351 Å². The molecule has 12 heteroatoms. The van der Waals surface area contributed by atoms with Gasteiger partial charge < -0.3 is 9.80 Å². The molecule has 0 bridgehead atoms. The Kier molecular flexibility index (Phi) is 17.7. The van der Waals surface area contributed by atoms with Gasteiger partial charge in [-0.3, -0.25) is 20.2 Å². The number of hydrogen-bond acceptors (Lipinski definition) is 6. The first-order valence-electron chi connectivity index (χ1n) is 34.7. The zero-order valence-corrected chi connectivity index (χ0v) is 58.8. The molecule has 2 saturated carbocycles. The maximum atomic E-state index is 12.4. The van der Waals surface area contributed by atoms with Crippen molar-refractivity contribution in [3.63, 3.8) is 0 Å². The highest BCUT2D eigenvalue weighted by molar-refractivity contribution is 9.11. The largest absolute Gasteiger partial charge is 0.339 e. The molecular weight excluding hydrogens is 1340 g/mol. The van der Waals surface area contributed by atoms with Crippen LogP contribution in [0.2, 0.25) is 0 Å². The number of benzene rings is 9. The predicted molar refractivity (Wildman–Crippen MR) is 403 cm³/mol. The second-order valence-corrected chi connectivity index (χ2v) is 29.7. The lowest BCUT2D eigenvalue weighted by Gasteiger charge is -2.35. The van der Waals surface area contributed by atoms with E-state index in [-0.39, 0.29) is 32.1 Å². The SMILES string of the molecule is C[N+]1=C(C=CC=C2N(Cc3ccc(CN4C(=CC=CC5=[N+](C)c6c(Br)cc([N+](=O)[O-])cc6C56CCCCC6)C(Cc5ccccc5)(Cc5ccccc5)c5ccccc54)cc3)c3ccccc3C2(Cc2ccccc2)Cc2ccccc2)C2(CCCCC2)c2cc([N+](=O)[O-])cc(Br)c21. The highest BCUT2D eigenvalue weighted by Crippen LogP contribution is 2.57. The third-order valence-electron chi connectivity index (χ3n) is 22.4. The number of nitro groups is 2. The summed E-state index contributed by atoms with van der Waals surface area (Å²) in [5.74, 6) is 0. The molecule has 0 amide bonds. The second kappa shape index (κ2) is 26.8. The Hall–Kier alpha value is -9.36. The van der Waals surface area contributed by atoms with E-state index in [0.717, 1.165) is 121 Å². The first kappa shape index (κ1) is 64.6. The molecule has 9 aromatic carbocycles. The number of halogens is 2. The van der Waals surface area contributed by atoms with E-state index < -0.39 is 10.8 Å². The molecule has 9 aromatic rings. The summed E-state index contributed by atoms with van der Waals surface area (Å²) in [7, 11) is 4.26. The summed E-state index contributed by atoms with van der Waals surface area (Å²) in [5.41, 5.74) is 19.9. The Bertz CT molecular complexity index is 4370. The maximum absolute atomic E-state index is 12.4. The van der Waals surface area contributed by atoms with Gasteiger partial charge in [0.2, 0.25) is 11.4 Å². The fraction of sp³-hybridized carbons (Fsp3) is 0.256. The van der Waals surface area contributed by atoms with Crippen molar-refractivity contribution >= 4 is 77.4 Å². The number of rotatable bonds is 18. The van der Waals surface area contributed by atoms with Crippen LogP contribution >= 0.6 is 31.9 Å². The normalized spacial score (nSPS) is 18.6. The van der Waals surface area contributed by atoms with Gasteiger partial charge >= 0.3 is 0 Å². The third-order valence-corrected chi connectivity index (χ3v) is 23.6. The third kappa shape index (κ3) is 11.5. The Labute approximate surface area is 592 Å². The van der Waals surface area contributed by atoms with Crippen molar-refractivity contribution in [2.75, 3.05) is 23.9 Å². The molecule has 10 nitrogen and oxygen atoms in total. The average molecular weight is 1420 g/mol. The Morgan fingerprint density at radius 1 is 0.408 bits per heavy atom. The van der Waals surface area contributed by atoms with Crippen LogP contribution in [0.4, 0.5) is 34.1 Å². The van der Waals surface area contributed by atoms with Gasteiger partial charge in [0.05, 0.1) is 29.6 Å². The lowest BCUT2D eigenvalue weighted by Crippen LogP contribution is -2.36. The van der Waals surface area contributed by atoms with Crippen LogP contribution in [0.25, 0.3) is 0 Å². The monoisotopic (exact) mass is 1420 g/mol. The van der Waals surface area contributed by atoms with Gasteiger partial charge in [0.1, 0.15) is 14.1 Å². The van der Waals surface area contributed by atoms with Crippen LogP contribution in [0.15, 0.2) is 275 Å². The summed E-state index contributed by atoms with van der Waals surface area (Å²) in [4.78, 5) is 29.5. The number of nitro benzene ring substituents is 2. The van der Waals surface area contributed by atoms with E-state index in [2.05, 4.69) is 295 Å². The van der Waals surface area contributed by atoms with Gasteiger partial charge in [-0.25, -0.2) is 0 Å². The van der Waals surface area contributed by atoms with E-state index in [4.69, 9.17) is 0 Å². The van der Waals surface area contributed by atoms with Crippen LogP contribution in [0.3, 0.4) is 0 Å². The molecule has 0 atom stereocenters. The topological polar surface area (TPSA) is 98.8 Å². The van der Waals surface area contributed by atoms with Crippen LogP contribution in [-0.4, -0.2) is 44.5 Å². The summed E-state index contributed by atoms with van der Waals surface area (Å²) < 4.78 is 6.06. The van der Waals surface area contributed by atoms with Crippen molar-refractivity contribution in [3.8, 4) is 0 Å². The predicted octanol–water partition coefficient (Wildman–Crippen LogP) is 20.7. The molecule has 4 heterocycles. The zero-order chi connectivity index (χ0) is 67.2. The molecule has 15 rings (SSSR count). The molecule has 0 unspecified atom stereocenters. The summed E-state index contributed by atoms with van der Waals surface area (Å²) >= 11 is 7.63. The zero-order valence-electron chi connectivity index (χ0n) is 55.6. The van der Waals surface area contributed by atoms with Crippen molar-refractivity contribution in [2.45, 2.75) is 125 Å². The molecule has 0 aromatic heterocycles. The number of fused-ring (bicyclic) bond motifs is 6. The molecule has 4 aliphatic heterocycles. The number of anilines is 2. The molecule has 2 aliphatic carbocycles. The van der Waals surface area contributed by atoms with Crippen molar-refractivity contribution in [1.29, 1.82) is 0 Å². The summed E-state index contributed by atoms with van der Waals surface area (Å²) in [6.07, 6.45) is 27.3. The quantitative estimate of drug-likeness (QED) is 0.0482. The molecule has 0 radical (unpaired) electrons. The first-order chi connectivity index (χ1) is 47.8. The molecule has 0 saturated heterocycles. The van der Waals surface area contributed by atoms with Crippen molar-refractivity contribution < 1.29 is 19.0 Å². The van der Waals surface area contributed by atoms with E-state index in [1.807, 2.05) is 12.1 Å². The number of allylic oxidation sites excluding steroid dienone is 8. The number of hydrogen-bond donors (Lipinski definition) is 0. The van der Waals surface area contributed by atoms with E-state index in [1.54, 1.807) is 12.1 Å². The van der Waals surface area contributed by atoms with Crippen LogP contribution in [0.1, 0.15) is 120 Å². The molecule has 6 aliphatic rings. The van der Waals surface area contributed by atoms with Gasteiger partial charge in [0, 0.05) is 94.2 Å². The van der Waals surface area contributed by atoms with Gasteiger partial charge in [-0.1, -0.05) is 233 Å². The van der Waals surface area contributed by atoms with Gasteiger partial charge in [0.25, 0.3) is 11.4 Å². The van der Waals surface area contributed by atoms with E-state index in [0.29, 0.717) is 13.1 Å². The molecular formula is C86H80Br2N6O4+2. The average Bonchev–Trinajstić information content (AvgIpc) is 1.59. The van der Waals surface area contributed by atoms with Crippen LogP contribution in [0.5, 0.6) is 0 Å². The van der Waals surface area contributed by atoms with E-state index >= 15 is 0 Å². The highest BCUT2D eigenvalue weighted by Gasteiger charge is 2.55. The van der Waals surface area contributed by atoms with Crippen molar-refractivity contribution in [2.24, 2.45) is 0 Å².